The molecule has 0 aromatic heterocycles. The highest BCUT2D eigenvalue weighted by Crippen LogP contribution is 3.02. The average Bonchev–Trinajstić information content (AvgIpc) is 2.23. The summed E-state index contributed by atoms with van der Waals surface area (Å²) in [4.78, 5) is 8.44. The summed E-state index contributed by atoms with van der Waals surface area (Å²) in [6, 6.07) is 1.44. The van der Waals surface area contributed by atoms with E-state index in [1.807, 2.05) is 0 Å². The van der Waals surface area contributed by atoms with Gasteiger partial charge in [0.25, 0.3) is 0 Å². The maximum atomic E-state index is 12.5. The van der Waals surface area contributed by atoms with Gasteiger partial charge in [0.2, 0.25) is 0 Å². The molecule has 3 nitrogen and oxygen atoms in total. The Labute approximate surface area is 105 Å². The van der Waals surface area contributed by atoms with Gasteiger partial charge in [-0.05, 0) is 30.5 Å². The Balaban J connectivity index is 2.95. The molecule has 1 atom stereocenters. The monoisotopic (exact) mass is 305 g/mol. The fraction of sp³-hybridized carbons (Fsp3) is 0.300. The second-order valence-electron chi connectivity index (χ2n) is 4.10. The van der Waals surface area contributed by atoms with E-state index in [0.29, 0.717) is 12.1 Å². The predicted molar refractivity (Wildman–Crippen MR) is 61.8 cm³/mol. The fourth-order valence-corrected chi connectivity index (χ4v) is 2.10. The Morgan fingerprint density at radius 2 is 1.84 bits per heavy atom. The van der Waals surface area contributed by atoms with E-state index in [0.717, 1.165) is 6.07 Å². The first-order chi connectivity index (χ1) is 8.29. The van der Waals surface area contributed by atoms with Crippen LogP contribution in [0.2, 0.25) is 0 Å². The van der Waals surface area contributed by atoms with Crippen LogP contribution in [0.4, 0.5) is 19.4 Å². The van der Waals surface area contributed by atoms with E-state index in [-0.39, 0.29) is 18.4 Å². The van der Waals surface area contributed by atoms with Crippen LogP contribution in [0.5, 0.6) is 0 Å². The smallest absolute Gasteiger partial charge is 0.320 e. The summed E-state index contributed by atoms with van der Waals surface area (Å²) >= 11 is 0. The number of carboxylic acids is 1. The number of nitrogens with two attached hydrogens (primary N) is 1. The lowest BCUT2D eigenvalue weighted by atomic mass is 10.1. The second kappa shape index (κ2) is 4.07. The molecule has 1 aromatic carbocycles. The van der Waals surface area contributed by atoms with E-state index in [1.165, 1.54) is 6.07 Å². The molecule has 0 bridgehead atoms. The van der Waals surface area contributed by atoms with Crippen LogP contribution < -0.4 is 5.73 Å². The third kappa shape index (κ3) is 4.67. The van der Waals surface area contributed by atoms with Gasteiger partial charge >= 0.3 is 16.2 Å². The van der Waals surface area contributed by atoms with E-state index < -0.39 is 27.1 Å². The molecule has 19 heavy (non-hydrogen) atoms. The summed E-state index contributed by atoms with van der Waals surface area (Å²) in [5.41, 5.74) is 5.14. The Morgan fingerprint density at radius 3 is 2.32 bits per heavy atom. The number of rotatable bonds is 5. The fourth-order valence-electron chi connectivity index (χ4n) is 1.39. The Kier molecular flexibility index (Phi) is 3.37. The molecule has 0 aliphatic rings. The predicted octanol–water partition coefficient (Wildman–Crippen LogP) is 3.69. The van der Waals surface area contributed by atoms with E-state index in [2.05, 4.69) is 0 Å². The van der Waals surface area contributed by atoms with Crippen LogP contribution in [0.1, 0.15) is 12.0 Å². The zero-order chi connectivity index (χ0) is 15.0. The molecular weight excluding hydrogens is 293 g/mol. The lowest BCUT2D eigenvalue weighted by molar-refractivity contribution is -0.138. The van der Waals surface area contributed by atoms with E-state index in [1.54, 1.807) is 0 Å². The first kappa shape index (κ1) is 15.7. The van der Waals surface area contributed by atoms with Crippen LogP contribution in [0.25, 0.3) is 0 Å². The van der Waals surface area contributed by atoms with Gasteiger partial charge in [0.15, 0.2) is 0 Å². The summed E-state index contributed by atoms with van der Waals surface area (Å²) in [6.45, 7) is 0. The third-order valence-electron chi connectivity index (χ3n) is 2.41. The SMILES string of the molecule is N[C@@H](CCc1cccc(S(F)(F)(F)(F)F)c1)C(=O)O. The van der Waals surface area contributed by atoms with Crippen molar-refractivity contribution in [3.63, 3.8) is 0 Å². The van der Waals surface area contributed by atoms with Crippen LogP contribution in [0.3, 0.4) is 0 Å². The molecule has 0 radical (unpaired) electrons. The van der Waals surface area contributed by atoms with Crippen molar-refractivity contribution in [2.24, 2.45) is 5.73 Å². The number of halogens is 5. The largest absolute Gasteiger partial charge is 0.480 e. The molecule has 0 fully saturated rings. The van der Waals surface area contributed by atoms with Gasteiger partial charge in [0, 0.05) is 0 Å². The number of aliphatic carboxylic acids is 1. The molecule has 9 heteroatoms. The maximum absolute atomic E-state index is 12.5. The molecule has 0 unspecified atom stereocenters. The van der Waals surface area contributed by atoms with E-state index in [4.69, 9.17) is 10.8 Å². The van der Waals surface area contributed by atoms with Crippen molar-refractivity contribution in [1.82, 2.24) is 0 Å². The van der Waals surface area contributed by atoms with Crippen LogP contribution in [-0.4, -0.2) is 17.1 Å². The van der Waals surface area contributed by atoms with Crippen LogP contribution in [0, 0.1) is 0 Å². The summed E-state index contributed by atoms with van der Waals surface area (Å²) < 4.78 is 62.7. The maximum Gasteiger partial charge on any atom is 0.320 e. The molecule has 0 saturated carbocycles. The molecule has 0 saturated heterocycles. The molecule has 3 N–H and O–H groups in total. The quantitative estimate of drug-likeness (QED) is 0.816. The molecule has 0 amide bonds. The minimum Gasteiger partial charge on any atom is -0.480 e. The molecule has 1 aromatic rings. The molecular formula is C10H12F5NO2S. The van der Waals surface area contributed by atoms with Gasteiger partial charge in [-0.15, -0.1) is 0 Å². The van der Waals surface area contributed by atoms with Crippen molar-refractivity contribution in [3.05, 3.63) is 29.8 Å². The molecule has 110 valence electrons. The van der Waals surface area contributed by atoms with E-state index in [9.17, 15) is 24.2 Å². The highest BCUT2D eigenvalue weighted by Gasteiger charge is 2.65. The molecule has 0 aliphatic heterocycles. The van der Waals surface area contributed by atoms with Crippen molar-refractivity contribution in [1.29, 1.82) is 0 Å². The minimum atomic E-state index is -9.70. The van der Waals surface area contributed by atoms with Crippen LogP contribution in [0.15, 0.2) is 29.2 Å². The molecule has 0 aliphatic carbocycles. The van der Waals surface area contributed by atoms with Crippen LogP contribution in [-0.2, 0) is 11.2 Å². The molecule has 1 rings (SSSR count). The molecule has 0 spiro atoms. The van der Waals surface area contributed by atoms with Crippen molar-refractivity contribution in [3.8, 4) is 0 Å². The zero-order valence-corrected chi connectivity index (χ0v) is 10.3. The van der Waals surface area contributed by atoms with Crippen molar-refractivity contribution in [2.45, 2.75) is 23.8 Å². The second-order valence-corrected chi connectivity index (χ2v) is 6.51. The summed E-state index contributed by atoms with van der Waals surface area (Å²) in [5, 5.41) is 8.51. The lowest BCUT2D eigenvalue weighted by Gasteiger charge is -2.40. The Bertz CT molecular complexity index is 502. The summed E-state index contributed by atoms with van der Waals surface area (Å²) in [7, 11) is -9.70. The zero-order valence-electron chi connectivity index (χ0n) is 9.53. The normalized spacial score (nSPS) is 17.4. The first-order valence-electron chi connectivity index (χ1n) is 5.11. The summed E-state index contributed by atoms with van der Waals surface area (Å²) in [6.07, 6.45) is -0.270. The van der Waals surface area contributed by atoms with Gasteiger partial charge in [-0.25, -0.2) is 0 Å². The average molecular weight is 305 g/mol. The van der Waals surface area contributed by atoms with Crippen molar-refractivity contribution in [2.75, 3.05) is 0 Å². The van der Waals surface area contributed by atoms with Gasteiger partial charge in [0.1, 0.15) is 10.9 Å². The summed E-state index contributed by atoms with van der Waals surface area (Å²) in [5.74, 6) is -1.30. The number of carboxylic acid groups (broad SMARTS) is 1. The highest BCUT2D eigenvalue weighted by atomic mass is 32.5. The Morgan fingerprint density at radius 1 is 1.26 bits per heavy atom. The van der Waals surface area contributed by atoms with Gasteiger partial charge in [-0.3, -0.25) is 4.79 Å². The minimum absolute atomic E-state index is 0.0394. The van der Waals surface area contributed by atoms with Crippen molar-refractivity contribution < 1.29 is 29.3 Å². The first-order valence-corrected chi connectivity index (χ1v) is 7.06. The number of hydrogen-bond donors (Lipinski definition) is 2. The third-order valence-corrected chi connectivity index (χ3v) is 3.55. The van der Waals surface area contributed by atoms with Gasteiger partial charge in [-0.1, -0.05) is 31.6 Å². The van der Waals surface area contributed by atoms with Gasteiger partial charge < -0.3 is 10.8 Å². The number of benzene rings is 1. The number of carbonyl (C=O) groups is 1. The Hall–Kier alpha value is -1.35. The lowest BCUT2D eigenvalue weighted by Crippen LogP contribution is -2.30. The van der Waals surface area contributed by atoms with Gasteiger partial charge in [-0.2, -0.15) is 0 Å². The topological polar surface area (TPSA) is 63.3 Å². The van der Waals surface area contributed by atoms with Crippen LogP contribution >= 0.6 is 10.2 Å². The van der Waals surface area contributed by atoms with E-state index >= 15 is 0 Å². The highest BCUT2D eigenvalue weighted by molar-refractivity contribution is 8.45. The molecule has 0 heterocycles. The standard InChI is InChI=1S/C10H12F5NO2S/c11-19(12,13,14,15)8-3-1-2-7(6-8)4-5-9(16)10(17)18/h1-3,6,9H,4-5,16H2,(H,17,18)/t9-/m0/s1. The number of aryl methyl sites for hydroxylation is 1. The van der Waals surface area contributed by atoms with Crippen molar-refractivity contribution >= 4 is 16.2 Å². The van der Waals surface area contributed by atoms with Gasteiger partial charge in [0.05, 0.1) is 0 Å². The number of hydrogen-bond acceptors (Lipinski definition) is 2.